The average molecular weight is 242 g/mol. The SMILES string of the molecule is COC(=O)C1COCCN1CC1(CCN)CC1. The van der Waals surface area contributed by atoms with Gasteiger partial charge in [-0.15, -0.1) is 0 Å². The van der Waals surface area contributed by atoms with Gasteiger partial charge < -0.3 is 15.2 Å². The Morgan fingerprint density at radius 3 is 2.94 bits per heavy atom. The van der Waals surface area contributed by atoms with Crippen molar-refractivity contribution in [3.05, 3.63) is 0 Å². The molecule has 1 unspecified atom stereocenters. The van der Waals surface area contributed by atoms with Crippen LogP contribution in [0.4, 0.5) is 0 Å². The van der Waals surface area contributed by atoms with Crippen LogP contribution in [-0.2, 0) is 14.3 Å². The number of carbonyl (C=O) groups is 1. The van der Waals surface area contributed by atoms with E-state index in [0.717, 1.165) is 26.1 Å². The van der Waals surface area contributed by atoms with Crippen LogP contribution in [-0.4, -0.2) is 56.9 Å². The van der Waals surface area contributed by atoms with Gasteiger partial charge in [-0.25, -0.2) is 0 Å². The van der Waals surface area contributed by atoms with Gasteiger partial charge in [-0.05, 0) is 31.2 Å². The number of morpholine rings is 1. The molecule has 2 N–H and O–H groups in total. The molecule has 0 aromatic carbocycles. The third kappa shape index (κ3) is 2.97. The fraction of sp³-hybridized carbons (Fsp3) is 0.917. The van der Waals surface area contributed by atoms with Crippen LogP contribution in [0.3, 0.4) is 0 Å². The van der Waals surface area contributed by atoms with Crippen molar-refractivity contribution in [3.63, 3.8) is 0 Å². The number of nitrogens with two attached hydrogens (primary N) is 1. The summed E-state index contributed by atoms with van der Waals surface area (Å²) >= 11 is 0. The molecule has 5 nitrogen and oxygen atoms in total. The van der Waals surface area contributed by atoms with E-state index in [-0.39, 0.29) is 12.0 Å². The molecule has 5 heteroatoms. The van der Waals surface area contributed by atoms with Crippen LogP contribution in [0, 0.1) is 5.41 Å². The predicted molar refractivity (Wildman–Crippen MR) is 63.5 cm³/mol. The van der Waals surface area contributed by atoms with Crippen LogP contribution in [0.15, 0.2) is 0 Å². The number of carbonyl (C=O) groups excluding carboxylic acids is 1. The first-order valence-electron chi connectivity index (χ1n) is 6.30. The molecule has 1 atom stereocenters. The lowest BCUT2D eigenvalue weighted by Crippen LogP contribution is -2.52. The zero-order valence-corrected chi connectivity index (χ0v) is 10.5. The van der Waals surface area contributed by atoms with E-state index in [0.29, 0.717) is 18.6 Å². The van der Waals surface area contributed by atoms with E-state index in [1.54, 1.807) is 0 Å². The lowest BCUT2D eigenvalue weighted by Gasteiger charge is -2.36. The molecule has 1 heterocycles. The molecule has 1 aliphatic heterocycles. The number of nitrogens with zero attached hydrogens (tertiary/aromatic N) is 1. The van der Waals surface area contributed by atoms with Crippen LogP contribution < -0.4 is 5.73 Å². The maximum Gasteiger partial charge on any atom is 0.325 e. The topological polar surface area (TPSA) is 64.8 Å². The molecule has 1 aliphatic carbocycles. The molecule has 2 rings (SSSR count). The minimum atomic E-state index is -0.232. The van der Waals surface area contributed by atoms with Crippen LogP contribution in [0.1, 0.15) is 19.3 Å². The van der Waals surface area contributed by atoms with E-state index in [1.807, 2.05) is 0 Å². The number of rotatable bonds is 5. The van der Waals surface area contributed by atoms with Crippen LogP contribution >= 0.6 is 0 Å². The van der Waals surface area contributed by atoms with Crippen molar-refractivity contribution in [2.75, 3.05) is 40.0 Å². The summed E-state index contributed by atoms with van der Waals surface area (Å²) in [7, 11) is 1.43. The minimum Gasteiger partial charge on any atom is -0.468 e. The Morgan fingerprint density at radius 2 is 2.35 bits per heavy atom. The highest BCUT2D eigenvalue weighted by atomic mass is 16.5. The monoisotopic (exact) mass is 242 g/mol. The first kappa shape index (κ1) is 12.8. The number of ether oxygens (including phenoxy) is 2. The summed E-state index contributed by atoms with van der Waals surface area (Å²) in [6.45, 7) is 3.64. The standard InChI is InChI=1S/C12H22N2O3/c1-16-11(15)10-8-17-7-6-14(10)9-12(2-3-12)4-5-13/h10H,2-9,13H2,1H3. The molecule has 17 heavy (non-hydrogen) atoms. The van der Waals surface area contributed by atoms with Gasteiger partial charge in [0.1, 0.15) is 6.04 Å². The van der Waals surface area contributed by atoms with Gasteiger partial charge in [-0.3, -0.25) is 9.69 Å². The van der Waals surface area contributed by atoms with Gasteiger partial charge in [0.15, 0.2) is 0 Å². The van der Waals surface area contributed by atoms with Gasteiger partial charge in [0.05, 0.1) is 20.3 Å². The lowest BCUT2D eigenvalue weighted by molar-refractivity contribution is -0.153. The molecule has 0 aromatic heterocycles. The summed E-state index contributed by atoms with van der Waals surface area (Å²) in [5.74, 6) is -0.187. The number of hydrogen-bond acceptors (Lipinski definition) is 5. The summed E-state index contributed by atoms with van der Waals surface area (Å²) in [6.07, 6.45) is 3.52. The van der Waals surface area contributed by atoms with E-state index in [4.69, 9.17) is 15.2 Å². The van der Waals surface area contributed by atoms with Gasteiger partial charge in [-0.1, -0.05) is 0 Å². The molecular formula is C12H22N2O3. The lowest BCUT2D eigenvalue weighted by atomic mass is 10.0. The van der Waals surface area contributed by atoms with Crippen molar-refractivity contribution in [1.82, 2.24) is 4.90 Å². The Balaban J connectivity index is 1.94. The van der Waals surface area contributed by atoms with Crippen molar-refractivity contribution >= 4 is 5.97 Å². The molecule has 98 valence electrons. The first-order chi connectivity index (χ1) is 8.21. The smallest absolute Gasteiger partial charge is 0.325 e. The fourth-order valence-corrected chi connectivity index (χ4v) is 2.58. The molecule has 1 saturated carbocycles. The summed E-state index contributed by atoms with van der Waals surface area (Å²) < 4.78 is 10.2. The minimum absolute atomic E-state index is 0.187. The van der Waals surface area contributed by atoms with Crippen LogP contribution in [0.25, 0.3) is 0 Å². The second kappa shape index (κ2) is 5.33. The largest absolute Gasteiger partial charge is 0.468 e. The highest BCUT2D eigenvalue weighted by Crippen LogP contribution is 2.49. The molecule has 2 fully saturated rings. The second-order valence-corrected chi connectivity index (χ2v) is 5.12. The molecule has 0 amide bonds. The third-order valence-corrected chi connectivity index (χ3v) is 3.88. The average Bonchev–Trinajstić information content (AvgIpc) is 3.09. The number of hydrogen-bond donors (Lipinski definition) is 1. The maximum absolute atomic E-state index is 11.7. The van der Waals surface area contributed by atoms with E-state index < -0.39 is 0 Å². The Kier molecular flexibility index (Phi) is 4.01. The van der Waals surface area contributed by atoms with Gasteiger partial charge in [-0.2, -0.15) is 0 Å². The highest BCUT2D eigenvalue weighted by molar-refractivity contribution is 5.75. The van der Waals surface area contributed by atoms with Gasteiger partial charge in [0, 0.05) is 13.1 Å². The quantitative estimate of drug-likeness (QED) is 0.687. The second-order valence-electron chi connectivity index (χ2n) is 5.12. The fourth-order valence-electron chi connectivity index (χ4n) is 2.58. The summed E-state index contributed by atoms with van der Waals surface area (Å²) in [6, 6.07) is -0.232. The van der Waals surface area contributed by atoms with Crippen molar-refractivity contribution in [2.45, 2.75) is 25.3 Å². The summed E-state index contributed by atoms with van der Waals surface area (Å²) in [4.78, 5) is 13.9. The van der Waals surface area contributed by atoms with Crippen LogP contribution in [0.2, 0.25) is 0 Å². The highest BCUT2D eigenvalue weighted by Gasteiger charge is 2.45. The normalized spacial score (nSPS) is 27.8. The zero-order chi connectivity index (χ0) is 12.3. The number of esters is 1. The van der Waals surface area contributed by atoms with Crippen molar-refractivity contribution in [2.24, 2.45) is 11.1 Å². The zero-order valence-electron chi connectivity index (χ0n) is 10.5. The van der Waals surface area contributed by atoms with E-state index >= 15 is 0 Å². The van der Waals surface area contributed by atoms with Gasteiger partial charge in [0.2, 0.25) is 0 Å². The Hall–Kier alpha value is -0.650. The first-order valence-corrected chi connectivity index (χ1v) is 6.30. The van der Waals surface area contributed by atoms with Crippen molar-refractivity contribution in [3.8, 4) is 0 Å². The van der Waals surface area contributed by atoms with Gasteiger partial charge in [0.25, 0.3) is 0 Å². The molecule has 0 bridgehead atoms. The molecule has 2 aliphatic rings. The Morgan fingerprint density at radius 1 is 1.59 bits per heavy atom. The third-order valence-electron chi connectivity index (χ3n) is 3.88. The molecule has 1 saturated heterocycles. The number of methoxy groups -OCH3 is 1. The molecule has 0 spiro atoms. The van der Waals surface area contributed by atoms with E-state index in [2.05, 4.69) is 4.90 Å². The van der Waals surface area contributed by atoms with Gasteiger partial charge >= 0.3 is 5.97 Å². The molecule has 0 radical (unpaired) electrons. The van der Waals surface area contributed by atoms with Crippen molar-refractivity contribution < 1.29 is 14.3 Å². The Bertz CT molecular complexity index is 279. The maximum atomic E-state index is 11.7. The van der Waals surface area contributed by atoms with Crippen molar-refractivity contribution in [1.29, 1.82) is 0 Å². The molecule has 0 aromatic rings. The van der Waals surface area contributed by atoms with E-state index in [1.165, 1.54) is 20.0 Å². The summed E-state index contributed by atoms with van der Waals surface area (Å²) in [5.41, 5.74) is 6.01. The van der Waals surface area contributed by atoms with Crippen LogP contribution in [0.5, 0.6) is 0 Å². The Labute approximate surface area is 102 Å². The predicted octanol–water partition coefficient (Wildman–Crippen LogP) is -0.0108. The summed E-state index contributed by atoms with van der Waals surface area (Å²) in [5, 5.41) is 0. The van der Waals surface area contributed by atoms with E-state index in [9.17, 15) is 4.79 Å². The molecular weight excluding hydrogens is 220 g/mol.